The zero-order chi connectivity index (χ0) is 31.3. The molecule has 4 rings (SSSR count). The summed E-state index contributed by atoms with van der Waals surface area (Å²) in [6.07, 6.45) is 1.60. The number of hydrogen-bond acceptors (Lipinski definition) is 7. The third-order valence-electron chi connectivity index (χ3n) is 6.17. The molecule has 0 radical (unpaired) electrons. The summed E-state index contributed by atoms with van der Waals surface area (Å²) in [4.78, 5) is 39.8. The molecule has 0 spiro atoms. The predicted octanol–water partition coefficient (Wildman–Crippen LogP) is 6.24. The van der Waals surface area contributed by atoms with Gasteiger partial charge in [-0.05, 0) is 73.2 Å². The Labute approximate surface area is 260 Å². The zero-order valence-electron chi connectivity index (χ0n) is 24.6. The van der Waals surface area contributed by atoms with Crippen LogP contribution in [-0.2, 0) is 9.59 Å². The van der Waals surface area contributed by atoms with Crippen LogP contribution < -0.4 is 30.2 Å². The maximum absolute atomic E-state index is 13.4. The molecule has 0 aliphatic heterocycles. The van der Waals surface area contributed by atoms with E-state index in [-0.39, 0.29) is 17.4 Å². The first kappa shape index (κ1) is 31.7. The first-order chi connectivity index (χ1) is 21.4. The lowest BCUT2D eigenvalue weighted by Crippen LogP contribution is -2.30. The normalized spacial score (nSPS) is 10.8. The van der Waals surface area contributed by atoms with Gasteiger partial charge in [-0.2, -0.15) is 0 Å². The van der Waals surface area contributed by atoms with E-state index in [0.29, 0.717) is 46.4 Å². The van der Waals surface area contributed by atoms with Gasteiger partial charge in [0.1, 0.15) is 22.9 Å². The molecule has 0 atom stereocenters. The highest BCUT2D eigenvalue weighted by molar-refractivity contribution is 8.00. The van der Waals surface area contributed by atoms with Crippen LogP contribution in [0.25, 0.3) is 6.08 Å². The fraction of sp³-hybridized carbons (Fsp3) is 0.147. The number of ether oxygens (including phenoxy) is 3. The Kier molecular flexibility index (Phi) is 11.4. The van der Waals surface area contributed by atoms with Crippen LogP contribution in [0, 0.1) is 0 Å². The molecule has 0 unspecified atom stereocenters. The molecule has 9 nitrogen and oxygen atoms in total. The van der Waals surface area contributed by atoms with Crippen molar-refractivity contribution in [2.24, 2.45) is 0 Å². The van der Waals surface area contributed by atoms with E-state index in [9.17, 15) is 14.4 Å². The van der Waals surface area contributed by atoms with Crippen LogP contribution in [0.1, 0.15) is 22.8 Å². The van der Waals surface area contributed by atoms with Crippen LogP contribution in [0.15, 0.2) is 108 Å². The van der Waals surface area contributed by atoms with Gasteiger partial charge in [-0.25, -0.2) is 0 Å². The number of rotatable bonds is 13. The second-order valence-electron chi connectivity index (χ2n) is 9.27. The smallest absolute Gasteiger partial charge is 0.272 e. The van der Waals surface area contributed by atoms with Crippen molar-refractivity contribution < 1.29 is 28.6 Å². The lowest BCUT2D eigenvalue weighted by molar-refractivity contribution is -0.114. The quantitative estimate of drug-likeness (QED) is 0.121. The summed E-state index contributed by atoms with van der Waals surface area (Å²) in [6, 6.07) is 28.1. The molecule has 226 valence electrons. The van der Waals surface area contributed by atoms with Crippen molar-refractivity contribution in [1.29, 1.82) is 0 Å². The Morgan fingerprint density at radius 1 is 0.795 bits per heavy atom. The highest BCUT2D eigenvalue weighted by Gasteiger charge is 2.16. The largest absolute Gasteiger partial charge is 0.497 e. The van der Waals surface area contributed by atoms with Gasteiger partial charge < -0.3 is 30.2 Å². The topological polar surface area (TPSA) is 115 Å². The van der Waals surface area contributed by atoms with Gasteiger partial charge in [0.05, 0.1) is 32.3 Å². The second kappa shape index (κ2) is 15.9. The minimum Gasteiger partial charge on any atom is -0.497 e. The van der Waals surface area contributed by atoms with Crippen molar-refractivity contribution >= 4 is 46.9 Å². The number of methoxy groups -OCH3 is 2. The molecule has 44 heavy (non-hydrogen) atoms. The molecule has 0 saturated heterocycles. The standard InChI is InChI=1S/C34H33N3O6S/c1-4-43-26-15-13-23(14-16-26)19-30(37-33(39)24-9-6-5-7-10-24)34(40)35-25-11-8-12-28(20-25)44-22-32(38)36-29-21-27(41-2)17-18-31(29)42-3/h5-21H,4,22H2,1-3H3,(H,35,40)(H,36,38)(H,37,39)/b30-19+. The van der Waals surface area contributed by atoms with E-state index >= 15 is 0 Å². The number of carbonyl (C=O) groups excluding carboxylic acids is 3. The van der Waals surface area contributed by atoms with E-state index in [0.717, 1.165) is 4.90 Å². The number of nitrogens with one attached hydrogen (secondary N) is 3. The monoisotopic (exact) mass is 611 g/mol. The van der Waals surface area contributed by atoms with E-state index in [1.54, 1.807) is 98.1 Å². The number of anilines is 2. The third-order valence-corrected chi connectivity index (χ3v) is 7.17. The summed E-state index contributed by atoms with van der Waals surface area (Å²) in [7, 11) is 3.07. The Hall–Kier alpha value is -5.22. The Morgan fingerprint density at radius 2 is 1.55 bits per heavy atom. The van der Waals surface area contributed by atoms with Gasteiger partial charge in [-0.15, -0.1) is 11.8 Å². The van der Waals surface area contributed by atoms with Gasteiger partial charge in [0.25, 0.3) is 11.8 Å². The third kappa shape index (κ3) is 9.14. The summed E-state index contributed by atoms with van der Waals surface area (Å²) >= 11 is 1.31. The fourth-order valence-corrected chi connectivity index (χ4v) is 4.80. The maximum atomic E-state index is 13.4. The molecule has 0 fully saturated rings. The first-order valence-electron chi connectivity index (χ1n) is 13.8. The van der Waals surface area contributed by atoms with E-state index in [4.69, 9.17) is 14.2 Å². The highest BCUT2D eigenvalue weighted by Crippen LogP contribution is 2.29. The molecule has 4 aromatic carbocycles. The summed E-state index contributed by atoms with van der Waals surface area (Å²) in [5.41, 5.74) is 2.19. The molecule has 0 bridgehead atoms. The highest BCUT2D eigenvalue weighted by atomic mass is 32.2. The molecule has 0 heterocycles. The number of benzene rings is 4. The predicted molar refractivity (Wildman–Crippen MR) is 173 cm³/mol. The van der Waals surface area contributed by atoms with E-state index < -0.39 is 11.8 Å². The minimum absolute atomic E-state index is 0.0627. The molecule has 4 aromatic rings. The van der Waals surface area contributed by atoms with Gasteiger partial charge in [-0.1, -0.05) is 36.4 Å². The van der Waals surface area contributed by atoms with E-state index in [1.807, 2.05) is 19.1 Å². The summed E-state index contributed by atoms with van der Waals surface area (Å²) in [6.45, 7) is 2.44. The van der Waals surface area contributed by atoms with Crippen molar-refractivity contribution in [3.05, 3.63) is 114 Å². The lowest BCUT2D eigenvalue weighted by Gasteiger charge is -2.13. The average molecular weight is 612 g/mol. The molecule has 0 aliphatic rings. The molecule has 0 aliphatic carbocycles. The summed E-state index contributed by atoms with van der Waals surface area (Å²) < 4.78 is 16.1. The second-order valence-corrected chi connectivity index (χ2v) is 10.3. The first-order valence-corrected chi connectivity index (χ1v) is 14.7. The van der Waals surface area contributed by atoms with Crippen LogP contribution in [0.4, 0.5) is 11.4 Å². The molecule has 0 aromatic heterocycles. The van der Waals surface area contributed by atoms with Crippen LogP contribution in [0.3, 0.4) is 0 Å². The Morgan fingerprint density at radius 3 is 2.25 bits per heavy atom. The SMILES string of the molecule is CCOc1ccc(/C=C(/NC(=O)c2ccccc2)C(=O)Nc2cccc(SCC(=O)Nc3cc(OC)ccc3OC)c2)cc1. The Balaban J connectivity index is 1.45. The molecular weight excluding hydrogens is 578 g/mol. The average Bonchev–Trinajstić information content (AvgIpc) is 3.05. The fourth-order valence-electron chi connectivity index (χ4n) is 4.05. The van der Waals surface area contributed by atoms with Crippen molar-refractivity contribution in [3.63, 3.8) is 0 Å². The summed E-state index contributed by atoms with van der Waals surface area (Å²) in [5.74, 6) is 0.771. The molecule has 10 heteroatoms. The number of carbonyl (C=O) groups is 3. The van der Waals surface area contributed by atoms with Gasteiger partial charge in [0.2, 0.25) is 5.91 Å². The maximum Gasteiger partial charge on any atom is 0.272 e. The van der Waals surface area contributed by atoms with Crippen molar-refractivity contribution in [2.75, 3.05) is 37.2 Å². The number of thioether (sulfide) groups is 1. The van der Waals surface area contributed by atoms with E-state index in [2.05, 4.69) is 16.0 Å². The van der Waals surface area contributed by atoms with Gasteiger partial charge in [0, 0.05) is 22.2 Å². The number of hydrogen-bond donors (Lipinski definition) is 3. The summed E-state index contributed by atoms with van der Waals surface area (Å²) in [5, 5.41) is 8.44. The van der Waals surface area contributed by atoms with Crippen molar-refractivity contribution in [1.82, 2.24) is 5.32 Å². The molecular formula is C34H33N3O6S. The van der Waals surface area contributed by atoms with Gasteiger partial charge >= 0.3 is 0 Å². The van der Waals surface area contributed by atoms with Crippen LogP contribution >= 0.6 is 11.8 Å². The minimum atomic E-state index is -0.506. The molecule has 0 saturated carbocycles. The van der Waals surface area contributed by atoms with Crippen molar-refractivity contribution in [3.8, 4) is 17.2 Å². The molecule has 3 N–H and O–H groups in total. The van der Waals surface area contributed by atoms with Crippen LogP contribution in [0.5, 0.6) is 17.2 Å². The Bertz CT molecular complexity index is 1620. The van der Waals surface area contributed by atoms with Crippen LogP contribution in [-0.4, -0.2) is 44.3 Å². The number of amides is 3. The van der Waals surface area contributed by atoms with Crippen LogP contribution in [0.2, 0.25) is 0 Å². The molecule has 3 amide bonds. The zero-order valence-corrected chi connectivity index (χ0v) is 25.4. The lowest BCUT2D eigenvalue weighted by atomic mass is 10.1. The van der Waals surface area contributed by atoms with Gasteiger partial charge in [0.15, 0.2) is 0 Å². The van der Waals surface area contributed by atoms with E-state index in [1.165, 1.54) is 18.9 Å². The van der Waals surface area contributed by atoms with Gasteiger partial charge in [-0.3, -0.25) is 14.4 Å². The van der Waals surface area contributed by atoms with Crippen molar-refractivity contribution in [2.45, 2.75) is 11.8 Å².